The summed E-state index contributed by atoms with van der Waals surface area (Å²) in [6.07, 6.45) is 2.49. The van der Waals surface area contributed by atoms with Crippen LogP contribution in [0.25, 0.3) is 0 Å². The molecule has 1 N–H and O–H groups in total. The highest BCUT2D eigenvalue weighted by atomic mass is 35.5. The molecule has 0 radical (unpaired) electrons. The Balaban J connectivity index is 1.19. The molecular weight excluding hydrogens is 620 g/mol. The summed E-state index contributed by atoms with van der Waals surface area (Å²) in [5.41, 5.74) is 4.90. The van der Waals surface area contributed by atoms with Gasteiger partial charge in [0.2, 0.25) is 5.91 Å². The Morgan fingerprint density at radius 1 is 0.917 bits per heavy atom. The van der Waals surface area contributed by atoms with E-state index < -0.39 is 11.6 Å². The molecule has 250 valence electrons. The van der Waals surface area contributed by atoms with Gasteiger partial charge in [-0.1, -0.05) is 66.2 Å². The summed E-state index contributed by atoms with van der Waals surface area (Å²) >= 11 is 6.30. The Morgan fingerprint density at radius 3 is 2.21 bits per heavy atom. The van der Waals surface area contributed by atoms with E-state index in [0.29, 0.717) is 28.4 Å². The van der Waals surface area contributed by atoms with Crippen LogP contribution in [-0.2, 0) is 23.4 Å². The average Bonchev–Trinajstić information content (AvgIpc) is 3.36. The normalized spacial score (nSPS) is 23.6. The summed E-state index contributed by atoms with van der Waals surface area (Å²) in [6, 6.07) is 30.0. The van der Waals surface area contributed by atoms with Crippen molar-refractivity contribution >= 4 is 23.2 Å². The number of piperidine rings is 1. The number of amides is 1. The molecule has 6 nitrogen and oxygen atoms in total. The first kappa shape index (κ1) is 32.7. The summed E-state index contributed by atoms with van der Waals surface area (Å²) in [6.45, 7) is 8.93. The standard InChI is InChI=1S/C41H45ClN2O4/c1-26(2)48-37-22-35-31(20-36(37)47-4)21-38(45)44(40(35)28-12-16-33(42)17-13-28)34-18-14-32(15-19-34)41(3,46)39-29-10-11-30(39)25-43(24-29)23-27-8-6-5-7-9-27/h5-9,12-20,22,26,29-30,39-40,46H,10-11,21,23-25H2,1-4H3. The Hall–Kier alpha value is -3.84. The first-order chi connectivity index (χ1) is 23.1. The van der Waals surface area contributed by atoms with Gasteiger partial charge >= 0.3 is 0 Å². The summed E-state index contributed by atoms with van der Waals surface area (Å²) in [7, 11) is 1.62. The third-order valence-electron chi connectivity index (χ3n) is 10.7. The fourth-order valence-corrected chi connectivity index (χ4v) is 8.82. The zero-order valence-corrected chi connectivity index (χ0v) is 29.0. The van der Waals surface area contributed by atoms with Gasteiger partial charge in [0.25, 0.3) is 0 Å². The lowest BCUT2D eigenvalue weighted by Crippen LogP contribution is -2.49. The second kappa shape index (κ2) is 13.2. The quantitative estimate of drug-likeness (QED) is 0.196. The van der Waals surface area contributed by atoms with Crippen molar-refractivity contribution in [3.8, 4) is 11.5 Å². The fraction of sp³-hybridized carbons (Fsp3) is 0.390. The molecule has 48 heavy (non-hydrogen) atoms. The first-order valence-corrected chi connectivity index (χ1v) is 17.5. The van der Waals surface area contributed by atoms with Gasteiger partial charge in [0.15, 0.2) is 11.5 Å². The Morgan fingerprint density at radius 2 is 1.58 bits per heavy atom. The number of nitrogens with zero attached hydrogens (tertiary/aromatic N) is 2. The maximum atomic E-state index is 14.0. The number of benzene rings is 4. The van der Waals surface area contributed by atoms with Gasteiger partial charge in [-0.15, -0.1) is 0 Å². The second-order valence-corrected chi connectivity index (χ2v) is 14.7. The van der Waals surface area contributed by atoms with E-state index in [-0.39, 0.29) is 24.3 Å². The molecule has 1 saturated heterocycles. The van der Waals surface area contributed by atoms with Crippen molar-refractivity contribution in [1.29, 1.82) is 0 Å². The van der Waals surface area contributed by atoms with Gasteiger partial charge in [-0.25, -0.2) is 0 Å². The van der Waals surface area contributed by atoms with Gasteiger partial charge in [-0.05, 0) is 116 Å². The number of ether oxygens (including phenoxy) is 2. The number of halogens is 1. The zero-order valence-electron chi connectivity index (χ0n) is 28.2. The number of carbonyl (C=O) groups is 1. The van der Waals surface area contributed by atoms with E-state index in [1.807, 2.05) is 86.3 Å². The highest BCUT2D eigenvalue weighted by molar-refractivity contribution is 6.30. The fourth-order valence-electron chi connectivity index (χ4n) is 8.69. The lowest BCUT2D eigenvalue weighted by atomic mass is 9.71. The molecule has 4 aromatic carbocycles. The predicted octanol–water partition coefficient (Wildman–Crippen LogP) is 8.18. The van der Waals surface area contributed by atoms with Crippen LogP contribution in [0.5, 0.6) is 11.5 Å². The molecular formula is C41H45ClN2O4. The van der Waals surface area contributed by atoms with E-state index >= 15 is 0 Å². The van der Waals surface area contributed by atoms with Crippen molar-refractivity contribution in [2.75, 3.05) is 25.1 Å². The van der Waals surface area contributed by atoms with Gasteiger partial charge in [0, 0.05) is 30.3 Å². The minimum atomic E-state index is -0.975. The van der Waals surface area contributed by atoms with Gasteiger partial charge in [-0.2, -0.15) is 0 Å². The zero-order chi connectivity index (χ0) is 33.6. The number of methoxy groups -OCH3 is 1. The number of anilines is 1. The van der Waals surface area contributed by atoms with E-state index in [4.69, 9.17) is 21.1 Å². The van der Waals surface area contributed by atoms with Crippen molar-refractivity contribution in [1.82, 2.24) is 4.90 Å². The lowest BCUT2D eigenvalue weighted by molar-refractivity contribution is -0.118. The Labute approximate surface area is 289 Å². The molecule has 3 aliphatic rings. The van der Waals surface area contributed by atoms with E-state index in [1.54, 1.807) is 7.11 Å². The minimum absolute atomic E-state index is 0.00891. The molecule has 0 aromatic heterocycles. The number of likely N-dealkylation sites (tertiary alicyclic amines) is 1. The Bertz CT molecular complexity index is 1740. The van der Waals surface area contributed by atoms with Crippen LogP contribution < -0.4 is 14.4 Å². The molecule has 4 atom stereocenters. The SMILES string of the molecule is COc1cc2c(cc1OC(C)C)C(c1ccc(Cl)cc1)N(c1ccc(C(C)(O)C3C4CCC3CN(Cc3ccccc3)C4)cc1)C(=O)C2. The molecule has 7 rings (SSSR count). The van der Waals surface area contributed by atoms with E-state index in [1.165, 1.54) is 5.56 Å². The number of hydrogen-bond acceptors (Lipinski definition) is 5. The number of carbonyl (C=O) groups excluding carboxylic acids is 1. The molecule has 2 heterocycles. The van der Waals surface area contributed by atoms with Crippen molar-refractivity contribution < 1.29 is 19.4 Å². The van der Waals surface area contributed by atoms with Crippen molar-refractivity contribution in [2.45, 2.75) is 64.3 Å². The number of fused-ring (bicyclic) bond motifs is 3. The van der Waals surface area contributed by atoms with Crippen LogP contribution in [0.15, 0.2) is 91.0 Å². The van der Waals surface area contributed by atoms with Crippen molar-refractivity contribution in [2.24, 2.45) is 17.8 Å². The maximum Gasteiger partial charge on any atom is 0.232 e. The molecule has 4 unspecified atom stereocenters. The molecule has 1 aliphatic carbocycles. The molecule has 4 aromatic rings. The Kier molecular flexibility index (Phi) is 9.01. The van der Waals surface area contributed by atoms with Gasteiger partial charge in [0.05, 0.1) is 31.3 Å². The molecule has 2 bridgehead atoms. The molecule has 7 heteroatoms. The van der Waals surface area contributed by atoms with Crippen LogP contribution in [-0.4, -0.2) is 42.2 Å². The molecule has 0 spiro atoms. The monoisotopic (exact) mass is 664 g/mol. The molecule has 2 fully saturated rings. The van der Waals surface area contributed by atoms with Gasteiger partial charge < -0.3 is 19.5 Å². The van der Waals surface area contributed by atoms with E-state index in [2.05, 4.69) is 35.2 Å². The van der Waals surface area contributed by atoms with Crippen molar-refractivity contribution in [3.63, 3.8) is 0 Å². The van der Waals surface area contributed by atoms with Crippen LogP contribution in [0.3, 0.4) is 0 Å². The highest BCUT2D eigenvalue weighted by Crippen LogP contribution is 2.51. The van der Waals surface area contributed by atoms with Gasteiger partial charge in [-0.3, -0.25) is 9.69 Å². The number of rotatable bonds is 9. The van der Waals surface area contributed by atoms with Crippen LogP contribution in [0.2, 0.25) is 5.02 Å². The molecule has 1 amide bonds. The minimum Gasteiger partial charge on any atom is -0.493 e. The summed E-state index contributed by atoms with van der Waals surface area (Å²) < 4.78 is 11.8. The maximum absolute atomic E-state index is 14.0. The van der Waals surface area contributed by atoms with Gasteiger partial charge in [0.1, 0.15) is 0 Å². The topological polar surface area (TPSA) is 62.2 Å². The highest BCUT2D eigenvalue weighted by Gasteiger charge is 2.51. The smallest absolute Gasteiger partial charge is 0.232 e. The molecule has 1 saturated carbocycles. The first-order valence-electron chi connectivity index (χ1n) is 17.2. The van der Waals surface area contributed by atoms with Crippen LogP contribution >= 0.6 is 11.6 Å². The second-order valence-electron chi connectivity index (χ2n) is 14.3. The van der Waals surface area contributed by atoms with Crippen molar-refractivity contribution in [3.05, 3.63) is 124 Å². The number of aliphatic hydroxyl groups is 1. The number of hydrogen-bond donors (Lipinski definition) is 1. The van der Waals surface area contributed by atoms with E-state index in [9.17, 15) is 9.90 Å². The van der Waals surface area contributed by atoms with Crippen LogP contribution in [0, 0.1) is 17.8 Å². The predicted molar refractivity (Wildman–Crippen MR) is 191 cm³/mol. The average molecular weight is 665 g/mol. The third-order valence-corrected chi connectivity index (χ3v) is 10.9. The third kappa shape index (κ3) is 6.22. The van der Waals surface area contributed by atoms with Crippen LogP contribution in [0.1, 0.15) is 67.5 Å². The summed E-state index contributed by atoms with van der Waals surface area (Å²) in [5, 5.41) is 12.9. The largest absolute Gasteiger partial charge is 0.493 e. The van der Waals surface area contributed by atoms with Crippen LogP contribution in [0.4, 0.5) is 5.69 Å². The summed E-state index contributed by atoms with van der Waals surface area (Å²) in [4.78, 5) is 18.5. The lowest BCUT2D eigenvalue weighted by Gasteiger charge is -2.45. The summed E-state index contributed by atoms with van der Waals surface area (Å²) in [5.74, 6) is 2.33. The van der Waals surface area contributed by atoms with E-state index in [0.717, 1.165) is 60.4 Å². The molecule has 2 aliphatic heterocycles.